The second kappa shape index (κ2) is 11.3. The molecule has 0 rings (SSSR count). The topological polar surface area (TPSA) is 60.0 Å². The molecule has 0 heterocycles. The Bertz CT molecular complexity index is 140. The third-order valence-corrected chi connectivity index (χ3v) is 2.03. The van der Waals surface area contributed by atoms with Gasteiger partial charge in [0, 0.05) is 26.9 Å². The lowest BCUT2D eigenvalue weighted by molar-refractivity contribution is -0.132. The fraction of sp³-hybridized carbons (Fsp3) is 1.00. The third-order valence-electron chi connectivity index (χ3n) is 2.03. The van der Waals surface area contributed by atoms with Crippen LogP contribution in [0.5, 0.6) is 0 Å². The molecule has 0 aromatic carbocycles. The molecular weight excluding hydrogens is 210 g/mol. The van der Waals surface area contributed by atoms with Crippen LogP contribution in [0.3, 0.4) is 0 Å². The van der Waals surface area contributed by atoms with Crippen LogP contribution in [0.2, 0.25) is 0 Å². The SMILES string of the molecule is CCOC(CNCCC(O)COC)OCC. The Morgan fingerprint density at radius 3 is 2.31 bits per heavy atom. The van der Waals surface area contributed by atoms with Crippen LogP contribution in [0.4, 0.5) is 0 Å². The molecule has 0 radical (unpaired) electrons. The molecule has 0 aromatic rings. The van der Waals surface area contributed by atoms with Crippen LogP contribution in [0.15, 0.2) is 0 Å². The molecule has 5 nitrogen and oxygen atoms in total. The quantitative estimate of drug-likeness (QED) is 0.400. The van der Waals surface area contributed by atoms with E-state index in [0.717, 1.165) is 6.54 Å². The molecule has 16 heavy (non-hydrogen) atoms. The zero-order valence-electron chi connectivity index (χ0n) is 10.6. The first-order valence-corrected chi connectivity index (χ1v) is 5.85. The molecule has 1 atom stereocenters. The lowest BCUT2D eigenvalue weighted by Gasteiger charge is -2.18. The Kier molecular flexibility index (Phi) is 11.1. The summed E-state index contributed by atoms with van der Waals surface area (Å²) < 4.78 is 15.6. The Balaban J connectivity index is 3.45. The van der Waals surface area contributed by atoms with E-state index in [4.69, 9.17) is 14.2 Å². The Labute approximate surface area is 98.1 Å². The van der Waals surface area contributed by atoms with E-state index in [1.165, 1.54) is 0 Å². The number of hydrogen-bond donors (Lipinski definition) is 2. The van der Waals surface area contributed by atoms with E-state index in [-0.39, 0.29) is 6.29 Å². The summed E-state index contributed by atoms with van der Waals surface area (Å²) in [5.41, 5.74) is 0. The third kappa shape index (κ3) is 9.06. The van der Waals surface area contributed by atoms with Gasteiger partial charge in [0.2, 0.25) is 0 Å². The average molecular weight is 235 g/mol. The van der Waals surface area contributed by atoms with Crippen molar-refractivity contribution in [3.05, 3.63) is 0 Å². The minimum atomic E-state index is -0.407. The van der Waals surface area contributed by atoms with Crippen LogP contribution in [0, 0.1) is 0 Å². The minimum Gasteiger partial charge on any atom is -0.391 e. The van der Waals surface area contributed by atoms with Crippen LogP contribution in [0.25, 0.3) is 0 Å². The van der Waals surface area contributed by atoms with E-state index in [1.807, 2.05) is 13.8 Å². The second-order valence-corrected chi connectivity index (χ2v) is 3.44. The van der Waals surface area contributed by atoms with Gasteiger partial charge in [-0.25, -0.2) is 0 Å². The predicted molar refractivity (Wildman–Crippen MR) is 62.4 cm³/mol. The molecule has 0 spiro atoms. The highest BCUT2D eigenvalue weighted by atomic mass is 16.7. The number of aliphatic hydroxyl groups excluding tert-OH is 1. The number of aliphatic hydroxyl groups is 1. The van der Waals surface area contributed by atoms with Gasteiger partial charge >= 0.3 is 0 Å². The summed E-state index contributed by atoms with van der Waals surface area (Å²) in [5.74, 6) is 0. The normalized spacial score (nSPS) is 13.3. The highest BCUT2D eigenvalue weighted by molar-refractivity contribution is 4.58. The van der Waals surface area contributed by atoms with Crippen molar-refractivity contribution in [1.29, 1.82) is 0 Å². The summed E-state index contributed by atoms with van der Waals surface area (Å²) in [6.45, 7) is 6.89. The molecule has 5 heteroatoms. The largest absolute Gasteiger partial charge is 0.391 e. The maximum Gasteiger partial charge on any atom is 0.169 e. The summed E-state index contributed by atoms with van der Waals surface area (Å²) in [5, 5.41) is 12.6. The zero-order chi connectivity index (χ0) is 12.2. The van der Waals surface area contributed by atoms with Crippen molar-refractivity contribution in [2.75, 3.05) is 40.0 Å². The van der Waals surface area contributed by atoms with E-state index in [9.17, 15) is 5.11 Å². The van der Waals surface area contributed by atoms with Crippen molar-refractivity contribution >= 4 is 0 Å². The summed E-state index contributed by atoms with van der Waals surface area (Å²) >= 11 is 0. The van der Waals surface area contributed by atoms with Gasteiger partial charge < -0.3 is 24.6 Å². The van der Waals surface area contributed by atoms with Gasteiger partial charge in [0.15, 0.2) is 6.29 Å². The maximum absolute atomic E-state index is 9.39. The zero-order valence-corrected chi connectivity index (χ0v) is 10.6. The number of rotatable bonds is 11. The molecule has 0 saturated carbocycles. The molecule has 2 N–H and O–H groups in total. The Morgan fingerprint density at radius 2 is 1.81 bits per heavy atom. The van der Waals surface area contributed by atoms with Crippen LogP contribution < -0.4 is 5.32 Å². The minimum absolute atomic E-state index is 0.199. The first-order valence-electron chi connectivity index (χ1n) is 5.85. The Morgan fingerprint density at radius 1 is 1.19 bits per heavy atom. The van der Waals surface area contributed by atoms with Crippen molar-refractivity contribution < 1.29 is 19.3 Å². The van der Waals surface area contributed by atoms with Crippen LogP contribution >= 0.6 is 0 Å². The van der Waals surface area contributed by atoms with Gasteiger partial charge in [-0.15, -0.1) is 0 Å². The van der Waals surface area contributed by atoms with Crippen LogP contribution in [-0.2, 0) is 14.2 Å². The summed E-state index contributed by atoms with van der Waals surface area (Å²) in [7, 11) is 1.58. The molecule has 0 amide bonds. The maximum atomic E-state index is 9.39. The van der Waals surface area contributed by atoms with Crippen molar-refractivity contribution in [2.24, 2.45) is 0 Å². The van der Waals surface area contributed by atoms with Gasteiger partial charge in [0.1, 0.15) is 0 Å². The van der Waals surface area contributed by atoms with Crippen molar-refractivity contribution in [2.45, 2.75) is 32.7 Å². The van der Waals surface area contributed by atoms with Gasteiger partial charge in [0.25, 0.3) is 0 Å². The fourth-order valence-electron chi connectivity index (χ4n) is 1.30. The molecule has 0 saturated heterocycles. The fourth-order valence-corrected chi connectivity index (χ4v) is 1.30. The molecule has 0 aliphatic heterocycles. The van der Waals surface area contributed by atoms with E-state index >= 15 is 0 Å². The summed E-state index contributed by atoms with van der Waals surface area (Å²) in [4.78, 5) is 0. The standard InChI is InChI=1S/C11H25NO4/c1-4-15-11(16-5-2)8-12-7-6-10(13)9-14-3/h10-13H,4-9H2,1-3H3. The molecule has 0 bridgehead atoms. The lowest BCUT2D eigenvalue weighted by Crippen LogP contribution is -2.33. The van der Waals surface area contributed by atoms with Gasteiger partial charge in [-0.2, -0.15) is 0 Å². The smallest absolute Gasteiger partial charge is 0.169 e. The first kappa shape index (κ1) is 15.8. The van der Waals surface area contributed by atoms with Crippen molar-refractivity contribution in [1.82, 2.24) is 5.32 Å². The predicted octanol–water partition coefficient (Wildman–Crippen LogP) is 0.373. The lowest BCUT2D eigenvalue weighted by atomic mass is 10.2. The molecule has 0 aromatic heterocycles. The number of methoxy groups -OCH3 is 1. The number of ether oxygens (including phenoxy) is 3. The van der Waals surface area contributed by atoms with Crippen molar-refractivity contribution in [3.8, 4) is 0 Å². The second-order valence-electron chi connectivity index (χ2n) is 3.44. The highest BCUT2D eigenvalue weighted by Gasteiger charge is 2.07. The molecular formula is C11H25NO4. The monoisotopic (exact) mass is 235 g/mol. The van der Waals surface area contributed by atoms with E-state index < -0.39 is 6.10 Å². The highest BCUT2D eigenvalue weighted by Crippen LogP contribution is 1.94. The van der Waals surface area contributed by atoms with Crippen LogP contribution in [-0.4, -0.2) is 57.5 Å². The van der Waals surface area contributed by atoms with E-state index in [2.05, 4.69) is 5.32 Å². The van der Waals surface area contributed by atoms with Gasteiger partial charge in [0.05, 0.1) is 12.7 Å². The molecule has 0 aliphatic rings. The number of hydrogen-bond acceptors (Lipinski definition) is 5. The molecule has 1 unspecified atom stereocenters. The molecule has 0 aliphatic carbocycles. The average Bonchev–Trinajstić information content (AvgIpc) is 2.25. The number of nitrogens with one attached hydrogen (secondary N) is 1. The van der Waals surface area contributed by atoms with Crippen molar-refractivity contribution in [3.63, 3.8) is 0 Å². The summed E-state index contributed by atoms with van der Waals surface area (Å²) in [6.07, 6.45) is 0.0587. The molecule has 98 valence electrons. The van der Waals surface area contributed by atoms with Gasteiger partial charge in [-0.3, -0.25) is 0 Å². The summed E-state index contributed by atoms with van der Waals surface area (Å²) in [6, 6.07) is 0. The molecule has 0 fully saturated rings. The van der Waals surface area contributed by atoms with Gasteiger partial charge in [-0.1, -0.05) is 0 Å². The van der Waals surface area contributed by atoms with Gasteiger partial charge in [-0.05, 0) is 26.8 Å². The van der Waals surface area contributed by atoms with E-state index in [1.54, 1.807) is 7.11 Å². The van der Waals surface area contributed by atoms with Crippen LogP contribution in [0.1, 0.15) is 20.3 Å². The van der Waals surface area contributed by atoms with E-state index in [0.29, 0.717) is 32.8 Å². The first-order chi connectivity index (χ1) is 7.74. The Hall–Kier alpha value is -0.200.